The first-order chi connectivity index (χ1) is 6.59. The predicted molar refractivity (Wildman–Crippen MR) is 54.9 cm³/mol. The molecule has 78 valence electrons. The topological polar surface area (TPSA) is 54.2 Å². The second-order valence-corrected chi connectivity index (χ2v) is 4.08. The minimum absolute atomic E-state index is 0.0309. The molecule has 0 spiro atoms. The summed E-state index contributed by atoms with van der Waals surface area (Å²) >= 11 is 0. The summed E-state index contributed by atoms with van der Waals surface area (Å²) in [4.78, 5) is 8.78. The lowest BCUT2D eigenvalue weighted by Crippen LogP contribution is -2.31. The molecule has 1 N–H and O–H groups in total. The van der Waals surface area contributed by atoms with Crippen molar-refractivity contribution in [3.05, 3.63) is 0 Å². The number of hydrogen-bond donors (Lipinski definition) is 1. The van der Waals surface area contributed by atoms with Gasteiger partial charge in [-0.25, -0.2) is 4.99 Å². The Kier molecular flexibility index (Phi) is 2.31. The van der Waals surface area contributed by atoms with Gasteiger partial charge in [0.25, 0.3) is 0 Å². The first kappa shape index (κ1) is 9.65. The van der Waals surface area contributed by atoms with Gasteiger partial charge in [-0.05, 0) is 13.8 Å². The highest BCUT2D eigenvalue weighted by atomic mass is 16.5. The molecule has 1 saturated heterocycles. The van der Waals surface area contributed by atoms with Crippen LogP contribution in [0.2, 0.25) is 0 Å². The van der Waals surface area contributed by atoms with E-state index in [2.05, 4.69) is 16.9 Å². The number of fused-ring (bicyclic) bond motifs is 1. The first-order valence-electron chi connectivity index (χ1n) is 5.05. The van der Waals surface area contributed by atoms with Gasteiger partial charge >= 0.3 is 0 Å². The highest BCUT2D eigenvalue weighted by molar-refractivity contribution is 5.98. The number of hydrogen-bond acceptors (Lipinski definition) is 4. The number of aliphatic imine (C=N–C) groups is 2. The maximum absolute atomic E-state index is 9.41. The summed E-state index contributed by atoms with van der Waals surface area (Å²) in [6.07, 6.45) is -0.320. The van der Waals surface area contributed by atoms with Gasteiger partial charge in [0, 0.05) is 5.92 Å². The molecule has 0 aromatic rings. The quantitative estimate of drug-likeness (QED) is 0.669. The van der Waals surface area contributed by atoms with E-state index in [-0.39, 0.29) is 12.1 Å². The number of aliphatic hydroxyl groups is 1. The van der Waals surface area contributed by atoms with Crippen LogP contribution in [0.15, 0.2) is 9.98 Å². The van der Waals surface area contributed by atoms with E-state index in [9.17, 15) is 5.11 Å². The molecule has 4 heteroatoms. The fourth-order valence-electron chi connectivity index (χ4n) is 1.77. The molecular formula is C10H16N2O2. The van der Waals surface area contributed by atoms with Gasteiger partial charge in [-0.1, -0.05) is 6.92 Å². The van der Waals surface area contributed by atoms with Gasteiger partial charge < -0.3 is 9.84 Å². The van der Waals surface area contributed by atoms with E-state index < -0.39 is 6.10 Å². The molecule has 2 rings (SSSR count). The van der Waals surface area contributed by atoms with Crippen LogP contribution < -0.4 is 0 Å². The molecule has 2 aliphatic rings. The predicted octanol–water partition coefficient (Wildman–Crippen LogP) is 0.644. The van der Waals surface area contributed by atoms with E-state index >= 15 is 0 Å². The smallest absolute Gasteiger partial charge is 0.209 e. The zero-order valence-corrected chi connectivity index (χ0v) is 8.77. The summed E-state index contributed by atoms with van der Waals surface area (Å²) in [6.45, 7) is 6.33. The molecule has 0 amide bonds. The fraction of sp³-hybridized carbons (Fsp3) is 0.800. The standard InChI is InChI=1S/C10H16N2O2/c1-5-7(3)14-10-9(5)12-8(4-11-10)6(2)13/h5-7,9,13H,4H2,1-3H3. The Morgan fingerprint density at radius 3 is 2.86 bits per heavy atom. The molecule has 2 heterocycles. The number of nitrogens with zero attached hydrogens (tertiary/aromatic N) is 2. The van der Waals surface area contributed by atoms with Crippen molar-refractivity contribution in [1.82, 2.24) is 0 Å². The largest absolute Gasteiger partial charge is 0.476 e. The van der Waals surface area contributed by atoms with E-state index in [1.54, 1.807) is 6.92 Å². The lowest BCUT2D eigenvalue weighted by molar-refractivity contribution is 0.200. The van der Waals surface area contributed by atoms with Gasteiger partial charge in [0.15, 0.2) is 0 Å². The summed E-state index contributed by atoms with van der Waals surface area (Å²) in [7, 11) is 0. The van der Waals surface area contributed by atoms with E-state index in [0.29, 0.717) is 12.5 Å². The van der Waals surface area contributed by atoms with Gasteiger partial charge in [0.05, 0.1) is 18.4 Å². The molecule has 0 aromatic carbocycles. The molecular weight excluding hydrogens is 180 g/mol. The summed E-state index contributed by atoms with van der Waals surface area (Å²) in [5, 5.41) is 9.41. The molecule has 4 unspecified atom stereocenters. The van der Waals surface area contributed by atoms with Gasteiger partial charge in [-0.15, -0.1) is 0 Å². The van der Waals surface area contributed by atoms with Gasteiger partial charge in [0.1, 0.15) is 12.1 Å². The molecule has 0 aliphatic carbocycles. The Balaban J connectivity index is 2.21. The molecule has 4 nitrogen and oxygen atoms in total. The van der Waals surface area contributed by atoms with Crippen molar-refractivity contribution in [2.24, 2.45) is 15.9 Å². The second kappa shape index (κ2) is 3.35. The van der Waals surface area contributed by atoms with Crippen LogP contribution in [0.1, 0.15) is 20.8 Å². The van der Waals surface area contributed by atoms with Gasteiger partial charge in [-0.3, -0.25) is 4.99 Å². The second-order valence-electron chi connectivity index (χ2n) is 4.08. The number of rotatable bonds is 1. The Bertz CT molecular complexity index is 296. The van der Waals surface area contributed by atoms with E-state index in [1.807, 2.05) is 6.92 Å². The maximum Gasteiger partial charge on any atom is 0.209 e. The normalized spacial score (nSPS) is 38.1. The van der Waals surface area contributed by atoms with Gasteiger partial charge in [0.2, 0.25) is 5.90 Å². The van der Waals surface area contributed by atoms with Crippen LogP contribution in [0.4, 0.5) is 0 Å². The third-order valence-electron chi connectivity index (χ3n) is 2.98. The van der Waals surface area contributed by atoms with Crippen molar-refractivity contribution in [2.45, 2.75) is 39.0 Å². The third-order valence-corrected chi connectivity index (χ3v) is 2.98. The lowest BCUT2D eigenvalue weighted by atomic mass is 9.99. The van der Waals surface area contributed by atoms with E-state index in [1.165, 1.54) is 0 Å². The first-order valence-corrected chi connectivity index (χ1v) is 5.05. The van der Waals surface area contributed by atoms with E-state index in [4.69, 9.17) is 4.74 Å². The average Bonchev–Trinajstić information content (AvgIpc) is 2.43. The van der Waals surface area contributed by atoms with Crippen LogP contribution in [0, 0.1) is 5.92 Å². The summed E-state index contributed by atoms with van der Waals surface area (Å²) < 4.78 is 5.57. The molecule has 14 heavy (non-hydrogen) atoms. The molecule has 0 aromatic heterocycles. The van der Waals surface area contributed by atoms with Crippen molar-refractivity contribution >= 4 is 11.6 Å². The number of aliphatic hydroxyl groups excluding tert-OH is 1. The van der Waals surface area contributed by atoms with Crippen molar-refractivity contribution in [1.29, 1.82) is 0 Å². The minimum Gasteiger partial charge on any atom is -0.476 e. The summed E-state index contributed by atoms with van der Waals surface area (Å²) in [6, 6.07) is 0.0309. The Morgan fingerprint density at radius 1 is 1.50 bits per heavy atom. The van der Waals surface area contributed by atoms with Crippen LogP contribution in [-0.2, 0) is 4.74 Å². The van der Waals surface area contributed by atoms with Crippen molar-refractivity contribution < 1.29 is 9.84 Å². The molecule has 2 aliphatic heterocycles. The van der Waals surface area contributed by atoms with Crippen LogP contribution in [-0.4, -0.2) is 41.5 Å². The Hall–Kier alpha value is -0.900. The van der Waals surface area contributed by atoms with Crippen molar-refractivity contribution in [3.63, 3.8) is 0 Å². The van der Waals surface area contributed by atoms with Gasteiger partial charge in [-0.2, -0.15) is 0 Å². The SMILES string of the molecule is CC(O)C1=NC2C(=NC1)OC(C)C2C. The maximum atomic E-state index is 9.41. The Labute approximate surface area is 83.7 Å². The van der Waals surface area contributed by atoms with Crippen LogP contribution >= 0.6 is 0 Å². The Morgan fingerprint density at radius 2 is 2.21 bits per heavy atom. The third kappa shape index (κ3) is 1.43. The molecule has 1 fully saturated rings. The minimum atomic E-state index is -0.497. The average molecular weight is 196 g/mol. The van der Waals surface area contributed by atoms with Crippen molar-refractivity contribution in [3.8, 4) is 0 Å². The van der Waals surface area contributed by atoms with Crippen LogP contribution in [0.3, 0.4) is 0 Å². The van der Waals surface area contributed by atoms with Crippen LogP contribution in [0.25, 0.3) is 0 Å². The zero-order chi connectivity index (χ0) is 10.3. The monoisotopic (exact) mass is 196 g/mol. The van der Waals surface area contributed by atoms with E-state index in [0.717, 1.165) is 11.6 Å². The highest BCUT2D eigenvalue weighted by Gasteiger charge is 2.39. The molecule has 4 atom stereocenters. The molecule has 0 bridgehead atoms. The molecule has 0 radical (unpaired) electrons. The zero-order valence-electron chi connectivity index (χ0n) is 8.77. The van der Waals surface area contributed by atoms with Crippen LogP contribution in [0.5, 0.6) is 0 Å². The summed E-state index contributed by atoms with van der Waals surface area (Å²) in [5.74, 6) is 1.09. The highest BCUT2D eigenvalue weighted by Crippen LogP contribution is 2.27. The fourth-order valence-corrected chi connectivity index (χ4v) is 1.77. The summed E-state index contributed by atoms with van der Waals surface area (Å²) in [5.41, 5.74) is 0.767. The van der Waals surface area contributed by atoms with Crippen molar-refractivity contribution in [2.75, 3.05) is 6.54 Å². The number of ether oxygens (including phenoxy) is 1. The molecule has 0 saturated carbocycles. The lowest BCUT2D eigenvalue weighted by Gasteiger charge is -2.17.